The SMILES string of the molecule is OCCOc1ccc(CNC2CCCc3c2cnn3-c2ccccc2F)cc1. The summed E-state index contributed by atoms with van der Waals surface area (Å²) >= 11 is 0. The number of benzene rings is 2. The smallest absolute Gasteiger partial charge is 0.148 e. The molecule has 1 atom stereocenters. The van der Waals surface area contributed by atoms with Gasteiger partial charge in [0.15, 0.2) is 0 Å². The van der Waals surface area contributed by atoms with Gasteiger partial charge in [0.05, 0.1) is 12.8 Å². The van der Waals surface area contributed by atoms with Gasteiger partial charge in [-0.05, 0) is 49.1 Å². The van der Waals surface area contributed by atoms with E-state index < -0.39 is 0 Å². The van der Waals surface area contributed by atoms with Crippen molar-refractivity contribution in [2.24, 2.45) is 0 Å². The largest absolute Gasteiger partial charge is 0.491 e. The summed E-state index contributed by atoms with van der Waals surface area (Å²) in [6.45, 7) is 1.04. The fourth-order valence-electron chi connectivity index (χ4n) is 3.71. The van der Waals surface area contributed by atoms with E-state index in [2.05, 4.69) is 10.4 Å². The summed E-state index contributed by atoms with van der Waals surface area (Å²) in [5.41, 5.74) is 3.90. The highest BCUT2D eigenvalue weighted by Gasteiger charge is 2.25. The van der Waals surface area contributed by atoms with Crippen LogP contribution >= 0.6 is 0 Å². The highest BCUT2D eigenvalue weighted by atomic mass is 19.1. The Morgan fingerprint density at radius 3 is 2.79 bits per heavy atom. The number of nitrogens with zero attached hydrogens (tertiary/aromatic N) is 2. The molecule has 4 rings (SSSR count). The lowest BCUT2D eigenvalue weighted by Gasteiger charge is -2.24. The van der Waals surface area contributed by atoms with Crippen LogP contribution in [0.1, 0.15) is 35.7 Å². The van der Waals surface area contributed by atoms with Gasteiger partial charge in [-0.25, -0.2) is 9.07 Å². The predicted molar refractivity (Wildman–Crippen MR) is 105 cm³/mol. The molecule has 0 spiro atoms. The maximum atomic E-state index is 14.2. The first kappa shape index (κ1) is 18.7. The van der Waals surface area contributed by atoms with Crippen LogP contribution in [0, 0.1) is 5.82 Å². The number of aliphatic hydroxyl groups excluding tert-OH is 1. The Hall–Kier alpha value is -2.70. The lowest BCUT2D eigenvalue weighted by atomic mass is 9.92. The van der Waals surface area contributed by atoms with Crippen LogP contribution in [0.25, 0.3) is 5.69 Å². The molecule has 1 aliphatic rings. The Bertz CT molecular complexity index is 924. The fraction of sp³-hybridized carbons (Fsp3) is 0.318. The van der Waals surface area contributed by atoms with Gasteiger partial charge in [-0.2, -0.15) is 5.10 Å². The fourth-order valence-corrected chi connectivity index (χ4v) is 3.71. The van der Waals surface area contributed by atoms with Gasteiger partial charge in [-0.1, -0.05) is 24.3 Å². The molecule has 0 aliphatic heterocycles. The maximum absolute atomic E-state index is 14.2. The van der Waals surface area contributed by atoms with Crippen molar-refractivity contribution in [2.45, 2.75) is 31.8 Å². The standard InChI is InChI=1S/C22H24FN3O2/c23-19-4-1-2-6-22(19)26-21-7-3-5-20(18(21)15-25-26)24-14-16-8-10-17(11-9-16)28-13-12-27/h1-2,4,6,8-11,15,20,24,27H,3,5,7,12-14H2. The molecule has 1 heterocycles. The minimum atomic E-state index is -0.257. The molecule has 1 aromatic heterocycles. The van der Waals surface area contributed by atoms with Crippen molar-refractivity contribution in [1.29, 1.82) is 0 Å². The van der Waals surface area contributed by atoms with E-state index in [9.17, 15) is 4.39 Å². The van der Waals surface area contributed by atoms with E-state index in [0.717, 1.165) is 48.4 Å². The number of nitrogens with one attached hydrogen (secondary N) is 1. The van der Waals surface area contributed by atoms with Gasteiger partial charge in [0.25, 0.3) is 0 Å². The third-order valence-corrected chi connectivity index (χ3v) is 5.10. The topological polar surface area (TPSA) is 59.3 Å². The zero-order chi connectivity index (χ0) is 19.3. The molecule has 0 radical (unpaired) electrons. The van der Waals surface area contributed by atoms with Gasteiger partial charge in [-0.15, -0.1) is 0 Å². The summed E-state index contributed by atoms with van der Waals surface area (Å²) in [6.07, 6.45) is 4.84. The number of ether oxygens (including phenoxy) is 1. The number of rotatable bonds is 7. The van der Waals surface area contributed by atoms with Gasteiger partial charge in [0.1, 0.15) is 23.9 Å². The summed E-state index contributed by atoms with van der Waals surface area (Å²) in [5, 5.41) is 16.9. The molecule has 0 saturated heterocycles. The summed E-state index contributed by atoms with van der Waals surface area (Å²) in [5.74, 6) is 0.496. The Morgan fingerprint density at radius 1 is 1.18 bits per heavy atom. The first-order valence-electron chi connectivity index (χ1n) is 9.64. The molecule has 2 aromatic carbocycles. The number of hydrogen-bond acceptors (Lipinski definition) is 4. The van der Waals surface area contributed by atoms with Crippen LogP contribution in [0.2, 0.25) is 0 Å². The normalized spacial score (nSPS) is 16.0. The molecule has 0 amide bonds. The molecule has 1 unspecified atom stereocenters. The van der Waals surface area contributed by atoms with E-state index in [1.807, 2.05) is 36.5 Å². The van der Waals surface area contributed by atoms with Gasteiger partial charge >= 0.3 is 0 Å². The van der Waals surface area contributed by atoms with E-state index in [-0.39, 0.29) is 18.5 Å². The highest BCUT2D eigenvalue weighted by molar-refractivity contribution is 5.38. The molecule has 0 saturated carbocycles. The third kappa shape index (κ3) is 3.93. The minimum Gasteiger partial charge on any atom is -0.491 e. The van der Waals surface area contributed by atoms with E-state index in [4.69, 9.17) is 9.84 Å². The average molecular weight is 381 g/mol. The first-order chi connectivity index (χ1) is 13.8. The van der Waals surface area contributed by atoms with Gasteiger partial charge in [-0.3, -0.25) is 0 Å². The molecule has 0 bridgehead atoms. The summed E-state index contributed by atoms with van der Waals surface area (Å²) < 4.78 is 21.3. The lowest BCUT2D eigenvalue weighted by Crippen LogP contribution is -2.25. The zero-order valence-corrected chi connectivity index (χ0v) is 15.6. The summed E-state index contributed by atoms with van der Waals surface area (Å²) in [6, 6.07) is 14.8. The van der Waals surface area contributed by atoms with Crippen LogP contribution in [-0.4, -0.2) is 28.1 Å². The second kappa shape index (κ2) is 8.54. The Kier molecular flexibility index (Phi) is 5.69. The van der Waals surface area contributed by atoms with Crippen LogP contribution in [0.4, 0.5) is 4.39 Å². The van der Waals surface area contributed by atoms with E-state index in [0.29, 0.717) is 12.3 Å². The first-order valence-corrected chi connectivity index (χ1v) is 9.64. The second-order valence-corrected chi connectivity index (χ2v) is 6.95. The van der Waals surface area contributed by atoms with Crippen molar-refractivity contribution in [1.82, 2.24) is 15.1 Å². The summed E-state index contributed by atoms with van der Waals surface area (Å²) in [4.78, 5) is 0. The molecular weight excluding hydrogens is 357 g/mol. The maximum Gasteiger partial charge on any atom is 0.148 e. The number of halogens is 1. The molecular formula is C22H24FN3O2. The Balaban J connectivity index is 1.46. The minimum absolute atomic E-state index is 0.00782. The molecule has 28 heavy (non-hydrogen) atoms. The van der Waals surface area contributed by atoms with E-state index in [1.165, 1.54) is 6.07 Å². The number of fused-ring (bicyclic) bond motifs is 1. The molecule has 3 aromatic rings. The lowest BCUT2D eigenvalue weighted by molar-refractivity contribution is 0.201. The van der Waals surface area contributed by atoms with Crippen LogP contribution in [0.15, 0.2) is 54.7 Å². The van der Waals surface area contributed by atoms with Gasteiger partial charge < -0.3 is 15.2 Å². The van der Waals surface area contributed by atoms with Crippen LogP contribution in [-0.2, 0) is 13.0 Å². The molecule has 5 nitrogen and oxygen atoms in total. The number of aliphatic hydroxyl groups is 1. The molecule has 1 aliphatic carbocycles. The Morgan fingerprint density at radius 2 is 2.00 bits per heavy atom. The number of para-hydroxylation sites is 1. The predicted octanol–water partition coefficient (Wildman–Crippen LogP) is 3.55. The highest BCUT2D eigenvalue weighted by Crippen LogP contribution is 2.31. The second-order valence-electron chi connectivity index (χ2n) is 6.95. The van der Waals surface area contributed by atoms with Gasteiger partial charge in [0.2, 0.25) is 0 Å². The van der Waals surface area contributed by atoms with Crippen molar-refractivity contribution >= 4 is 0 Å². The van der Waals surface area contributed by atoms with Gasteiger partial charge in [0, 0.05) is 23.8 Å². The zero-order valence-electron chi connectivity index (χ0n) is 15.6. The van der Waals surface area contributed by atoms with Crippen molar-refractivity contribution in [3.05, 3.63) is 77.4 Å². The average Bonchev–Trinajstić information content (AvgIpc) is 3.16. The number of aromatic nitrogens is 2. The quantitative estimate of drug-likeness (QED) is 0.657. The van der Waals surface area contributed by atoms with Crippen LogP contribution in [0.5, 0.6) is 5.75 Å². The number of hydrogen-bond donors (Lipinski definition) is 2. The van der Waals surface area contributed by atoms with E-state index >= 15 is 0 Å². The molecule has 6 heteroatoms. The molecule has 2 N–H and O–H groups in total. The van der Waals surface area contributed by atoms with Crippen molar-refractivity contribution < 1.29 is 14.2 Å². The summed E-state index contributed by atoms with van der Waals surface area (Å²) in [7, 11) is 0. The van der Waals surface area contributed by atoms with Crippen LogP contribution < -0.4 is 10.1 Å². The van der Waals surface area contributed by atoms with E-state index in [1.54, 1.807) is 16.8 Å². The molecule has 146 valence electrons. The van der Waals surface area contributed by atoms with Crippen molar-refractivity contribution in [3.63, 3.8) is 0 Å². The Labute approximate surface area is 163 Å². The monoisotopic (exact) mass is 381 g/mol. The van der Waals surface area contributed by atoms with Crippen molar-refractivity contribution in [3.8, 4) is 11.4 Å². The van der Waals surface area contributed by atoms with Crippen LogP contribution in [0.3, 0.4) is 0 Å². The third-order valence-electron chi connectivity index (χ3n) is 5.10. The molecule has 0 fully saturated rings. The van der Waals surface area contributed by atoms with Crippen molar-refractivity contribution in [2.75, 3.05) is 13.2 Å².